The zero-order valence-corrected chi connectivity index (χ0v) is 37.8. The van der Waals surface area contributed by atoms with Crippen LogP contribution in [0.4, 0.5) is 0 Å². The Bertz CT molecular complexity index is 4130. The van der Waals surface area contributed by atoms with Gasteiger partial charge < -0.3 is 8.98 Å². The van der Waals surface area contributed by atoms with Crippen molar-refractivity contribution in [2.24, 2.45) is 0 Å². The van der Waals surface area contributed by atoms with Crippen molar-refractivity contribution < 1.29 is 4.42 Å². The number of hydrogen-bond donors (Lipinski definition) is 0. The van der Waals surface area contributed by atoms with Crippen molar-refractivity contribution >= 4 is 65.3 Å². The van der Waals surface area contributed by atoms with Gasteiger partial charge in [0.2, 0.25) is 0 Å². The monoisotopic (exact) mass is 892 g/mol. The molecule has 0 bridgehead atoms. The van der Waals surface area contributed by atoms with E-state index in [1.165, 1.54) is 32.3 Å². The molecule has 3 aromatic heterocycles. The molecule has 0 aliphatic heterocycles. The fraction of sp³-hybridized carbons (Fsp3) is 0. The second kappa shape index (κ2) is 16.1. The van der Waals surface area contributed by atoms with Crippen LogP contribution in [0.2, 0.25) is 0 Å². The van der Waals surface area contributed by atoms with Crippen LogP contribution in [0.15, 0.2) is 247 Å². The number of nitrogens with zero attached hydrogens (tertiary/aromatic N) is 4. The van der Waals surface area contributed by atoms with Crippen molar-refractivity contribution in [2.75, 3.05) is 0 Å². The van der Waals surface area contributed by atoms with Crippen molar-refractivity contribution in [3.8, 4) is 73.2 Å². The van der Waals surface area contributed by atoms with E-state index in [1.807, 2.05) is 24.3 Å². The van der Waals surface area contributed by atoms with Gasteiger partial charge in [-0.2, -0.15) is 0 Å². The summed E-state index contributed by atoms with van der Waals surface area (Å²) >= 11 is 0. The van der Waals surface area contributed by atoms with Crippen LogP contribution >= 0.6 is 0 Å². The third-order valence-electron chi connectivity index (χ3n) is 13.8. The normalized spacial score (nSPS) is 11.7. The van der Waals surface area contributed by atoms with Crippen molar-refractivity contribution in [3.05, 3.63) is 243 Å². The Hall–Kier alpha value is -9.45. The first-order valence-corrected chi connectivity index (χ1v) is 23.7. The summed E-state index contributed by atoms with van der Waals surface area (Å²) in [4.78, 5) is 15.8. The van der Waals surface area contributed by atoms with Crippen LogP contribution in [0.3, 0.4) is 0 Å². The maximum absolute atomic E-state index is 6.38. The molecular formula is C65H40N4O. The zero-order chi connectivity index (χ0) is 46.1. The van der Waals surface area contributed by atoms with Crippen molar-refractivity contribution in [2.45, 2.75) is 0 Å². The van der Waals surface area contributed by atoms with Crippen LogP contribution in [-0.4, -0.2) is 19.5 Å². The van der Waals surface area contributed by atoms with Crippen LogP contribution in [0, 0.1) is 0 Å². The van der Waals surface area contributed by atoms with Gasteiger partial charge in [-0.3, -0.25) is 0 Å². The fourth-order valence-electron chi connectivity index (χ4n) is 10.3. The van der Waals surface area contributed by atoms with E-state index in [0.29, 0.717) is 17.5 Å². The highest BCUT2D eigenvalue weighted by molar-refractivity contribution is 6.17. The Morgan fingerprint density at radius 2 is 0.686 bits per heavy atom. The third kappa shape index (κ3) is 6.75. The van der Waals surface area contributed by atoms with Crippen LogP contribution in [0.1, 0.15) is 0 Å². The van der Waals surface area contributed by atoms with Crippen LogP contribution in [0.25, 0.3) is 139 Å². The first-order valence-electron chi connectivity index (χ1n) is 23.7. The van der Waals surface area contributed by atoms with Gasteiger partial charge in [-0.1, -0.05) is 182 Å². The lowest BCUT2D eigenvalue weighted by Gasteiger charge is -2.17. The average Bonchev–Trinajstić information content (AvgIpc) is 3.96. The Morgan fingerprint density at radius 1 is 0.271 bits per heavy atom. The van der Waals surface area contributed by atoms with Crippen molar-refractivity contribution in [3.63, 3.8) is 0 Å². The summed E-state index contributed by atoms with van der Waals surface area (Å²) in [5.74, 6) is 1.79. The van der Waals surface area contributed by atoms with Gasteiger partial charge in [0.05, 0.1) is 16.7 Å². The molecule has 5 nitrogen and oxygen atoms in total. The molecule has 0 aliphatic carbocycles. The summed E-state index contributed by atoms with van der Waals surface area (Å²) in [6.07, 6.45) is 0. The minimum atomic E-state index is 0.584. The highest BCUT2D eigenvalue weighted by atomic mass is 16.3. The fourth-order valence-corrected chi connectivity index (χ4v) is 10.3. The van der Waals surface area contributed by atoms with Crippen LogP contribution in [-0.2, 0) is 0 Å². The number of aromatic nitrogens is 4. The number of benzene rings is 11. The van der Waals surface area contributed by atoms with Gasteiger partial charge in [-0.05, 0) is 110 Å². The molecule has 0 radical (unpaired) electrons. The molecule has 70 heavy (non-hydrogen) atoms. The average molecular weight is 893 g/mol. The highest BCUT2D eigenvalue weighted by Gasteiger charge is 2.21. The van der Waals surface area contributed by atoms with Gasteiger partial charge in [0.1, 0.15) is 11.2 Å². The van der Waals surface area contributed by atoms with E-state index < -0.39 is 0 Å². The van der Waals surface area contributed by atoms with Gasteiger partial charge in [0.15, 0.2) is 17.5 Å². The molecule has 11 aromatic carbocycles. The molecule has 0 atom stereocenters. The summed E-state index contributed by atoms with van der Waals surface area (Å²) in [7, 11) is 0. The van der Waals surface area contributed by atoms with E-state index in [0.717, 1.165) is 88.7 Å². The molecule has 14 aromatic rings. The molecule has 0 N–H and O–H groups in total. The molecule has 0 saturated heterocycles. The summed E-state index contributed by atoms with van der Waals surface area (Å²) < 4.78 is 8.83. The molecule has 0 amide bonds. The van der Waals surface area contributed by atoms with Crippen LogP contribution in [0.5, 0.6) is 0 Å². The Morgan fingerprint density at radius 3 is 1.24 bits per heavy atom. The lowest BCUT2D eigenvalue weighted by molar-refractivity contribution is 0.669. The molecule has 3 heterocycles. The highest BCUT2D eigenvalue weighted by Crippen LogP contribution is 2.42. The van der Waals surface area contributed by atoms with E-state index >= 15 is 0 Å². The van der Waals surface area contributed by atoms with Gasteiger partial charge >= 0.3 is 0 Å². The zero-order valence-electron chi connectivity index (χ0n) is 37.8. The second-order valence-corrected chi connectivity index (χ2v) is 18.0. The van der Waals surface area contributed by atoms with Crippen molar-refractivity contribution in [1.82, 2.24) is 19.5 Å². The maximum Gasteiger partial charge on any atom is 0.164 e. The van der Waals surface area contributed by atoms with Gasteiger partial charge in [-0.15, -0.1) is 0 Å². The van der Waals surface area contributed by atoms with Gasteiger partial charge in [0, 0.05) is 43.8 Å². The lowest BCUT2D eigenvalue weighted by Crippen LogP contribution is -2.02. The Kier molecular flexibility index (Phi) is 9.14. The van der Waals surface area contributed by atoms with E-state index in [1.54, 1.807) is 0 Å². The molecule has 0 unspecified atom stereocenters. The first-order chi connectivity index (χ1) is 34.6. The standard InChI is InChI=1S/C65H40N4O/c1-3-13-41(14-4-1)43-23-27-45(28-24-43)63-66-64(46-29-25-44(26-30-46)42-15-5-2-6-16-42)68-65(67-63)52-31-33-58(54(38-52)51-32-34-62-57(37-51)53-21-11-12-22-61(53)70-62)69-59-39-49-19-9-7-17-47(49)35-55(59)56-36-48-18-8-10-20-50(48)40-60(56)69/h1-40H. The number of rotatable bonds is 7. The first kappa shape index (κ1) is 39.7. The summed E-state index contributed by atoms with van der Waals surface area (Å²) in [6.45, 7) is 0. The molecular weight excluding hydrogens is 853 g/mol. The Labute approximate surface area is 403 Å². The van der Waals surface area contributed by atoms with E-state index in [-0.39, 0.29) is 0 Å². The smallest absolute Gasteiger partial charge is 0.164 e. The molecule has 0 saturated carbocycles. The van der Waals surface area contributed by atoms with E-state index in [4.69, 9.17) is 19.4 Å². The largest absolute Gasteiger partial charge is 0.456 e. The lowest BCUT2D eigenvalue weighted by atomic mass is 9.98. The number of fused-ring (bicyclic) bond motifs is 8. The second-order valence-electron chi connectivity index (χ2n) is 18.0. The molecule has 14 rings (SSSR count). The van der Waals surface area contributed by atoms with Gasteiger partial charge in [0.25, 0.3) is 0 Å². The molecule has 0 spiro atoms. The molecule has 0 fully saturated rings. The van der Waals surface area contributed by atoms with Gasteiger partial charge in [-0.25, -0.2) is 15.0 Å². The minimum Gasteiger partial charge on any atom is -0.456 e. The van der Waals surface area contributed by atoms with E-state index in [2.05, 4.69) is 223 Å². The number of para-hydroxylation sites is 1. The van der Waals surface area contributed by atoms with E-state index in [9.17, 15) is 0 Å². The van der Waals surface area contributed by atoms with Crippen molar-refractivity contribution in [1.29, 1.82) is 0 Å². The molecule has 5 heteroatoms. The number of hydrogen-bond acceptors (Lipinski definition) is 4. The predicted molar refractivity (Wildman–Crippen MR) is 289 cm³/mol. The van der Waals surface area contributed by atoms with Crippen LogP contribution < -0.4 is 0 Å². The quantitative estimate of drug-likeness (QED) is 0.160. The Balaban J connectivity index is 1.01. The minimum absolute atomic E-state index is 0.584. The SMILES string of the molecule is c1ccc(-c2ccc(-c3nc(-c4ccc(-c5ccccc5)cc4)nc(-c4ccc(-n5c6cc7ccccc7cc6c6cc7ccccc7cc65)c(-c5ccc6oc7ccccc7c6c5)c4)n3)cc2)cc1. The predicted octanol–water partition coefficient (Wildman–Crippen LogP) is 17.2. The molecule has 0 aliphatic rings. The summed E-state index contributed by atoms with van der Waals surface area (Å²) in [6, 6.07) is 86.1. The summed E-state index contributed by atoms with van der Waals surface area (Å²) in [5, 5.41) is 9.34. The maximum atomic E-state index is 6.38. The topological polar surface area (TPSA) is 56.7 Å². The third-order valence-corrected chi connectivity index (χ3v) is 13.8. The molecule has 326 valence electrons. The number of furan rings is 1. The summed E-state index contributed by atoms with van der Waals surface area (Å²) in [5.41, 5.74) is 14.4.